The van der Waals surface area contributed by atoms with Crippen molar-refractivity contribution in [3.05, 3.63) is 58.6 Å². The normalized spacial score (nSPS) is 10.7. The number of esters is 1. The summed E-state index contributed by atoms with van der Waals surface area (Å²) < 4.78 is 32.8. The predicted octanol–water partition coefficient (Wildman–Crippen LogP) is 2.25. The highest BCUT2D eigenvalue weighted by Gasteiger charge is 2.16. The van der Waals surface area contributed by atoms with Crippen LogP contribution in [0.3, 0.4) is 0 Å². The van der Waals surface area contributed by atoms with Crippen LogP contribution in [0.2, 0.25) is 0 Å². The third-order valence-corrected chi connectivity index (χ3v) is 5.32. The van der Waals surface area contributed by atoms with Gasteiger partial charge in [-0.2, -0.15) is 0 Å². The average Bonchev–Trinajstić information content (AvgIpc) is 2.66. The van der Waals surface area contributed by atoms with Gasteiger partial charge in [0.15, 0.2) is 6.61 Å². The zero-order valence-corrected chi connectivity index (χ0v) is 17.7. The molecule has 0 aliphatic rings. The summed E-state index contributed by atoms with van der Waals surface area (Å²) in [5.74, 6) is -1.64. The summed E-state index contributed by atoms with van der Waals surface area (Å²) in [6.45, 7) is 1.36. The standard InChI is InChI=1S/C18H18BrN3O6S/c1-2-20-18(25)21-16(23)11-28-17(24)12-4-3-5-14(10-12)22-29(26,27)15-8-6-13(19)7-9-15/h3-10,22H,2,11H2,1H3,(H2,20,21,23,25). The van der Waals surface area contributed by atoms with Crippen LogP contribution in [0.1, 0.15) is 17.3 Å². The monoisotopic (exact) mass is 483 g/mol. The summed E-state index contributed by atoms with van der Waals surface area (Å²) in [6.07, 6.45) is 0. The molecule has 0 saturated heterocycles. The van der Waals surface area contributed by atoms with E-state index < -0.39 is 34.5 Å². The molecule has 29 heavy (non-hydrogen) atoms. The van der Waals surface area contributed by atoms with E-state index in [9.17, 15) is 22.8 Å². The first-order valence-corrected chi connectivity index (χ1v) is 10.6. The number of carbonyl (C=O) groups excluding carboxylic acids is 3. The van der Waals surface area contributed by atoms with Crippen molar-refractivity contribution in [3.8, 4) is 0 Å². The van der Waals surface area contributed by atoms with Gasteiger partial charge in [0.1, 0.15) is 0 Å². The first-order valence-electron chi connectivity index (χ1n) is 8.34. The van der Waals surface area contributed by atoms with Crippen LogP contribution in [0.5, 0.6) is 0 Å². The van der Waals surface area contributed by atoms with Crippen molar-refractivity contribution in [2.24, 2.45) is 0 Å². The molecule has 9 nitrogen and oxygen atoms in total. The lowest BCUT2D eigenvalue weighted by molar-refractivity contribution is -0.123. The van der Waals surface area contributed by atoms with E-state index in [0.29, 0.717) is 6.54 Å². The van der Waals surface area contributed by atoms with Crippen LogP contribution in [-0.2, 0) is 19.6 Å². The molecule has 0 bridgehead atoms. The Morgan fingerprint density at radius 1 is 1.07 bits per heavy atom. The molecule has 0 fully saturated rings. The zero-order chi connectivity index (χ0) is 21.4. The van der Waals surface area contributed by atoms with Crippen molar-refractivity contribution in [2.45, 2.75) is 11.8 Å². The van der Waals surface area contributed by atoms with Gasteiger partial charge >= 0.3 is 12.0 Å². The molecule has 0 unspecified atom stereocenters. The highest BCUT2D eigenvalue weighted by atomic mass is 79.9. The fourth-order valence-electron chi connectivity index (χ4n) is 2.12. The third kappa shape index (κ3) is 6.88. The molecule has 3 amide bonds. The number of nitrogens with one attached hydrogen (secondary N) is 3. The molecule has 3 N–H and O–H groups in total. The lowest BCUT2D eigenvalue weighted by atomic mass is 10.2. The van der Waals surface area contributed by atoms with Gasteiger partial charge in [0.2, 0.25) is 0 Å². The number of halogens is 1. The van der Waals surface area contributed by atoms with E-state index in [2.05, 4.69) is 26.0 Å². The highest BCUT2D eigenvalue weighted by Crippen LogP contribution is 2.19. The van der Waals surface area contributed by atoms with Crippen molar-refractivity contribution in [1.82, 2.24) is 10.6 Å². The number of amides is 3. The topological polar surface area (TPSA) is 131 Å². The number of ether oxygens (including phenoxy) is 1. The summed E-state index contributed by atoms with van der Waals surface area (Å²) in [6, 6.07) is 11.0. The Labute approximate surface area is 176 Å². The van der Waals surface area contributed by atoms with Crippen molar-refractivity contribution in [2.75, 3.05) is 17.9 Å². The predicted molar refractivity (Wildman–Crippen MR) is 109 cm³/mol. The van der Waals surface area contributed by atoms with Gasteiger partial charge in [0, 0.05) is 16.7 Å². The molecule has 0 aliphatic heterocycles. The lowest BCUT2D eigenvalue weighted by Gasteiger charge is -2.10. The lowest BCUT2D eigenvalue weighted by Crippen LogP contribution is -2.41. The number of hydrogen-bond donors (Lipinski definition) is 3. The number of imide groups is 1. The van der Waals surface area contributed by atoms with Crippen LogP contribution in [-0.4, -0.2) is 39.5 Å². The van der Waals surface area contributed by atoms with Gasteiger partial charge in [-0.3, -0.25) is 14.8 Å². The van der Waals surface area contributed by atoms with Crippen LogP contribution in [0.25, 0.3) is 0 Å². The zero-order valence-electron chi connectivity index (χ0n) is 15.3. The maximum absolute atomic E-state index is 12.4. The van der Waals surface area contributed by atoms with E-state index in [1.807, 2.05) is 5.32 Å². The van der Waals surface area contributed by atoms with Gasteiger partial charge in [-0.15, -0.1) is 0 Å². The molecule has 154 valence electrons. The first kappa shape index (κ1) is 22.4. The maximum atomic E-state index is 12.4. The molecule has 11 heteroatoms. The molecule has 2 aromatic rings. The number of carbonyl (C=O) groups is 3. The number of urea groups is 1. The molecular formula is C18H18BrN3O6S. The Kier molecular flexibility index (Phi) is 7.74. The molecule has 0 atom stereocenters. The molecular weight excluding hydrogens is 466 g/mol. The van der Waals surface area contributed by atoms with Crippen molar-refractivity contribution < 1.29 is 27.5 Å². The minimum Gasteiger partial charge on any atom is -0.452 e. The summed E-state index contributed by atoms with van der Waals surface area (Å²) in [5.41, 5.74) is 0.181. The summed E-state index contributed by atoms with van der Waals surface area (Å²) >= 11 is 3.23. The second-order valence-corrected chi connectivity index (χ2v) is 8.22. The SMILES string of the molecule is CCNC(=O)NC(=O)COC(=O)c1cccc(NS(=O)(=O)c2ccc(Br)cc2)c1. The highest BCUT2D eigenvalue weighted by molar-refractivity contribution is 9.10. The van der Waals surface area contributed by atoms with Gasteiger partial charge in [0.05, 0.1) is 10.5 Å². The van der Waals surface area contributed by atoms with Gasteiger partial charge in [-0.25, -0.2) is 18.0 Å². The third-order valence-electron chi connectivity index (χ3n) is 3.40. The smallest absolute Gasteiger partial charge is 0.338 e. The second kappa shape index (κ2) is 10.0. The van der Waals surface area contributed by atoms with E-state index in [1.165, 1.54) is 36.4 Å². The van der Waals surface area contributed by atoms with Crippen LogP contribution >= 0.6 is 15.9 Å². The second-order valence-electron chi connectivity index (χ2n) is 5.62. The Balaban J connectivity index is 2.01. The van der Waals surface area contributed by atoms with Crippen molar-refractivity contribution in [3.63, 3.8) is 0 Å². The van der Waals surface area contributed by atoms with E-state index in [4.69, 9.17) is 4.74 Å². The quantitative estimate of drug-likeness (QED) is 0.517. The Morgan fingerprint density at radius 2 is 1.76 bits per heavy atom. The Hall–Kier alpha value is -2.92. The number of rotatable bonds is 7. The Morgan fingerprint density at radius 3 is 2.41 bits per heavy atom. The minimum absolute atomic E-state index is 0.0341. The van der Waals surface area contributed by atoms with Gasteiger partial charge in [-0.05, 0) is 49.4 Å². The van der Waals surface area contributed by atoms with Gasteiger partial charge < -0.3 is 10.1 Å². The van der Waals surface area contributed by atoms with E-state index in [1.54, 1.807) is 19.1 Å². The van der Waals surface area contributed by atoms with E-state index in [0.717, 1.165) is 4.47 Å². The van der Waals surface area contributed by atoms with Crippen LogP contribution in [0.15, 0.2) is 57.9 Å². The molecule has 0 radical (unpaired) electrons. The van der Waals surface area contributed by atoms with Crippen LogP contribution in [0, 0.1) is 0 Å². The molecule has 2 aromatic carbocycles. The van der Waals surface area contributed by atoms with Gasteiger partial charge in [0.25, 0.3) is 15.9 Å². The van der Waals surface area contributed by atoms with E-state index in [-0.39, 0.29) is 16.1 Å². The molecule has 0 heterocycles. The number of benzene rings is 2. The molecule has 0 aliphatic carbocycles. The van der Waals surface area contributed by atoms with Crippen molar-refractivity contribution >= 4 is 49.5 Å². The number of sulfonamides is 1. The number of hydrogen-bond acceptors (Lipinski definition) is 6. The van der Waals surface area contributed by atoms with Crippen LogP contribution < -0.4 is 15.4 Å². The Bertz CT molecular complexity index is 1010. The first-order chi connectivity index (χ1) is 13.7. The van der Waals surface area contributed by atoms with Crippen molar-refractivity contribution in [1.29, 1.82) is 0 Å². The summed E-state index contributed by atoms with van der Waals surface area (Å²) in [7, 11) is -3.85. The largest absolute Gasteiger partial charge is 0.452 e. The minimum atomic E-state index is -3.85. The average molecular weight is 484 g/mol. The number of anilines is 1. The molecule has 2 rings (SSSR count). The molecule has 0 spiro atoms. The molecule has 0 aromatic heterocycles. The molecule has 0 saturated carbocycles. The fraction of sp³-hybridized carbons (Fsp3) is 0.167. The summed E-state index contributed by atoms with van der Waals surface area (Å²) in [5, 5.41) is 4.35. The maximum Gasteiger partial charge on any atom is 0.338 e. The van der Waals surface area contributed by atoms with Gasteiger partial charge in [-0.1, -0.05) is 22.0 Å². The summed E-state index contributed by atoms with van der Waals surface area (Å²) in [4.78, 5) is 34.9. The fourth-order valence-corrected chi connectivity index (χ4v) is 3.43. The van der Waals surface area contributed by atoms with E-state index >= 15 is 0 Å². The van der Waals surface area contributed by atoms with Crippen LogP contribution in [0.4, 0.5) is 10.5 Å².